The molecule has 0 aliphatic carbocycles. The Labute approximate surface area is 101 Å². The first-order chi connectivity index (χ1) is 7.91. The quantitative estimate of drug-likeness (QED) is 0.811. The number of carbonyl (C=O) groups is 1. The Hall–Kier alpha value is -1.49. The van der Waals surface area contributed by atoms with Gasteiger partial charge in [-0.15, -0.1) is 0 Å². The smallest absolute Gasteiger partial charge is 0.329 e. The first-order valence-corrected chi connectivity index (χ1v) is 5.71. The third-order valence-electron chi connectivity index (χ3n) is 2.93. The number of hydrogen-bond donors (Lipinski definition) is 2. The maximum absolute atomic E-state index is 11.5. The SMILES string of the molecule is CCC(C)NC(C)(C(=O)O)c1nccnc1C. The molecule has 0 fully saturated rings. The van der Waals surface area contributed by atoms with E-state index in [1.807, 2.05) is 13.8 Å². The average Bonchev–Trinajstić information content (AvgIpc) is 2.28. The van der Waals surface area contributed by atoms with E-state index in [0.29, 0.717) is 11.4 Å². The molecule has 0 aliphatic rings. The molecule has 2 N–H and O–H groups in total. The van der Waals surface area contributed by atoms with E-state index in [1.54, 1.807) is 20.0 Å². The number of aromatic nitrogens is 2. The molecule has 5 nitrogen and oxygen atoms in total. The Morgan fingerprint density at radius 1 is 1.53 bits per heavy atom. The summed E-state index contributed by atoms with van der Waals surface area (Å²) in [6.07, 6.45) is 3.92. The fraction of sp³-hybridized carbons (Fsp3) is 0.583. The molecule has 2 unspecified atom stereocenters. The van der Waals surface area contributed by atoms with Gasteiger partial charge in [-0.1, -0.05) is 6.92 Å². The highest BCUT2D eigenvalue weighted by Crippen LogP contribution is 2.22. The third kappa shape index (κ3) is 2.79. The lowest BCUT2D eigenvalue weighted by molar-refractivity contribution is -0.145. The van der Waals surface area contributed by atoms with Crippen molar-refractivity contribution >= 4 is 5.97 Å². The summed E-state index contributed by atoms with van der Waals surface area (Å²) >= 11 is 0. The van der Waals surface area contributed by atoms with Crippen LogP contribution in [0.3, 0.4) is 0 Å². The monoisotopic (exact) mass is 237 g/mol. The van der Waals surface area contributed by atoms with Crippen LogP contribution < -0.4 is 5.32 Å². The van der Waals surface area contributed by atoms with E-state index in [4.69, 9.17) is 0 Å². The van der Waals surface area contributed by atoms with Crippen LogP contribution >= 0.6 is 0 Å². The van der Waals surface area contributed by atoms with Crippen LogP contribution in [0.1, 0.15) is 38.6 Å². The van der Waals surface area contributed by atoms with Gasteiger partial charge in [0.05, 0.1) is 11.4 Å². The highest BCUT2D eigenvalue weighted by Gasteiger charge is 2.39. The lowest BCUT2D eigenvalue weighted by Gasteiger charge is -2.29. The molecule has 0 amide bonds. The molecule has 1 heterocycles. The van der Waals surface area contributed by atoms with Gasteiger partial charge in [0.2, 0.25) is 0 Å². The summed E-state index contributed by atoms with van der Waals surface area (Å²) in [6, 6.07) is 0.0949. The van der Waals surface area contributed by atoms with Gasteiger partial charge < -0.3 is 5.11 Å². The minimum Gasteiger partial charge on any atom is -0.480 e. The molecule has 1 aromatic heterocycles. The van der Waals surface area contributed by atoms with Crippen molar-refractivity contribution in [2.24, 2.45) is 0 Å². The van der Waals surface area contributed by atoms with Crippen LogP contribution in [0.5, 0.6) is 0 Å². The van der Waals surface area contributed by atoms with Crippen LogP contribution in [0.4, 0.5) is 0 Å². The van der Waals surface area contributed by atoms with Crippen LogP contribution in [0.2, 0.25) is 0 Å². The lowest BCUT2D eigenvalue weighted by Crippen LogP contribution is -2.51. The zero-order valence-corrected chi connectivity index (χ0v) is 10.7. The van der Waals surface area contributed by atoms with Crippen molar-refractivity contribution in [1.82, 2.24) is 15.3 Å². The minimum absolute atomic E-state index is 0.0949. The number of rotatable bonds is 5. The Balaban J connectivity index is 3.17. The topological polar surface area (TPSA) is 75.1 Å². The zero-order valence-electron chi connectivity index (χ0n) is 10.7. The summed E-state index contributed by atoms with van der Waals surface area (Å²) in [5.74, 6) is -0.943. The highest BCUT2D eigenvalue weighted by atomic mass is 16.4. The molecule has 0 saturated heterocycles. The molecule has 2 atom stereocenters. The van der Waals surface area contributed by atoms with Gasteiger partial charge in [0.25, 0.3) is 0 Å². The van der Waals surface area contributed by atoms with Gasteiger partial charge >= 0.3 is 5.97 Å². The molecule has 0 aromatic carbocycles. The van der Waals surface area contributed by atoms with E-state index < -0.39 is 11.5 Å². The molecule has 5 heteroatoms. The van der Waals surface area contributed by atoms with E-state index in [-0.39, 0.29) is 6.04 Å². The van der Waals surface area contributed by atoms with Crippen LogP contribution in [0, 0.1) is 6.92 Å². The Kier molecular flexibility index (Phi) is 4.17. The van der Waals surface area contributed by atoms with Crippen LogP contribution in [-0.2, 0) is 10.3 Å². The number of nitrogens with zero attached hydrogens (tertiary/aromatic N) is 2. The fourth-order valence-electron chi connectivity index (χ4n) is 1.72. The first-order valence-electron chi connectivity index (χ1n) is 5.71. The second-order valence-corrected chi connectivity index (χ2v) is 4.37. The number of carboxylic acids is 1. The highest BCUT2D eigenvalue weighted by molar-refractivity contribution is 5.79. The average molecular weight is 237 g/mol. The Bertz CT molecular complexity index is 408. The van der Waals surface area contributed by atoms with Crippen LogP contribution in [0.15, 0.2) is 12.4 Å². The minimum atomic E-state index is -1.20. The molecule has 94 valence electrons. The van der Waals surface area contributed by atoms with Gasteiger partial charge in [0, 0.05) is 18.4 Å². The van der Waals surface area contributed by atoms with Crippen molar-refractivity contribution in [3.8, 4) is 0 Å². The summed E-state index contributed by atoms with van der Waals surface area (Å²) in [5, 5.41) is 12.5. The Morgan fingerprint density at radius 2 is 2.12 bits per heavy atom. The second-order valence-electron chi connectivity index (χ2n) is 4.37. The van der Waals surface area contributed by atoms with Crippen molar-refractivity contribution < 1.29 is 9.90 Å². The van der Waals surface area contributed by atoms with Gasteiger partial charge in [0.1, 0.15) is 0 Å². The van der Waals surface area contributed by atoms with Crippen LogP contribution in [0.25, 0.3) is 0 Å². The Morgan fingerprint density at radius 3 is 2.59 bits per heavy atom. The van der Waals surface area contributed by atoms with Crippen molar-refractivity contribution in [2.75, 3.05) is 0 Å². The molecule has 0 bridgehead atoms. The zero-order chi connectivity index (χ0) is 13.1. The molecule has 0 radical (unpaired) electrons. The van der Waals surface area contributed by atoms with Crippen molar-refractivity contribution in [3.05, 3.63) is 23.8 Å². The van der Waals surface area contributed by atoms with Crippen molar-refractivity contribution in [1.29, 1.82) is 0 Å². The molecule has 17 heavy (non-hydrogen) atoms. The standard InChI is InChI=1S/C12H19N3O2/c1-5-8(2)15-12(4,11(16)17)10-9(3)13-6-7-14-10/h6-8,15H,5H2,1-4H3,(H,16,17). The first kappa shape index (κ1) is 13.6. The summed E-state index contributed by atoms with van der Waals surface area (Å²) in [6.45, 7) is 7.34. The number of nitrogens with one attached hydrogen (secondary N) is 1. The van der Waals surface area contributed by atoms with E-state index in [9.17, 15) is 9.90 Å². The van der Waals surface area contributed by atoms with Crippen LogP contribution in [-0.4, -0.2) is 27.1 Å². The van der Waals surface area contributed by atoms with Crippen molar-refractivity contribution in [2.45, 2.75) is 45.7 Å². The van der Waals surface area contributed by atoms with E-state index in [1.165, 1.54) is 6.20 Å². The largest absolute Gasteiger partial charge is 0.480 e. The van der Waals surface area contributed by atoms with Gasteiger partial charge in [-0.25, -0.2) is 4.79 Å². The fourth-order valence-corrected chi connectivity index (χ4v) is 1.72. The van der Waals surface area contributed by atoms with Gasteiger partial charge in [-0.05, 0) is 27.2 Å². The normalized spacial score (nSPS) is 16.2. The van der Waals surface area contributed by atoms with E-state index >= 15 is 0 Å². The van der Waals surface area contributed by atoms with Crippen molar-refractivity contribution in [3.63, 3.8) is 0 Å². The number of carboxylic acid groups (broad SMARTS) is 1. The van der Waals surface area contributed by atoms with Gasteiger partial charge in [0.15, 0.2) is 5.54 Å². The maximum atomic E-state index is 11.5. The molecule has 1 rings (SSSR count). The summed E-state index contributed by atoms with van der Waals surface area (Å²) in [5.41, 5.74) is -0.102. The molecule has 0 spiro atoms. The maximum Gasteiger partial charge on any atom is 0.329 e. The number of aliphatic carboxylic acids is 1. The molecular formula is C12H19N3O2. The number of hydrogen-bond acceptors (Lipinski definition) is 4. The molecule has 1 aromatic rings. The second kappa shape index (κ2) is 5.23. The number of aryl methyl sites for hydroxylation is 1. The third-order valence-corrected chi connectivity index (χ3v) is 2.93. The van der Waals surface area contributed by atoms with Gasteiger partial charge in [-0.3, -0.25) is 15.3 Å². The predicted molar refractivity (Wildman–Crippen MR) is 64.6 cm³/mol. The molecular weight excluding hydrogens is 218 g/mol. The molecule has 0 saturated carbocycles. The van der Waals surface area contributed by atoms with E-state index in [0.717, 1.165) is 6.42 Å². The summed E-state index contributed by atoms with van der Waals surface area (Å²) < 4.78 is 0. The van der Waals surface area contributed by atoms with Gasteiger partial charge in [-0.2, -0.15) is 0 Å². The predicted octanol–water partition coefficient (Wildman–Crippen LogP) is 1.47. The van der Waals surface area contributed by atoms with E-state index in [2.05, 4.69) is 15.3 Å². The molecule has 0 aliphatic heterocycles. The summed E-state index contributed by atoms with van der Waals surface area (Å²) in [4.78, 5) is 19.7. The lowest BCUT2D eigenvalue weighted by atomic mass is 9.94. The summed E-state index contributed by atoms with van der Waals surface area (Å²) in [7, 11) is 0.